The summed E-state index contributed by atoms with van der Waals surface area (Å²) in [7, 11) is 0. The third kappa shape index (κ3) is 3.87. The fraction of sp³-hybridized carbons (Fsp3) is 0.192. The summed E-state index contributed by atoms with van der Waals surface area (Å²) in [5.74, 6) is -1.25. The molecule has 0 saturated heterocycles. The minimum Gasteiger partial charge on any atom is -0.478 e. The van der Waals surface area contributed by atoms with Crippen LogP contribution in [-0.2, 0) is 4.79 Å². The lowest BCUT2D eigenvalue weighted by Crippen LogP contribution is -2.21. The van der Waals surface area contributed by atoms with Crippen LogP contribution in [0.3, 0.4) is 0 Å². The topological polar surface area (TPSA) is 74.9 Å². The predicted molar refractivity (Wildman–Crippen MR) is 128 cm³/mol. The smallest absolute Gasteiger partial charge is 0.335 e. The average Bonchev–Trinajstić information content (AvgIpc) is 3.31. The first-order valence-corrected chi connectivity index (χ1v) is 10.6. The maximum absolute atomic E-state index is 12.9. The van der Waals surface area contributed by atoms with Gasteiger partial charge in [-0.2, -0.15) is 10.1 Å². The first kappa shape index (κ1) is 21.3. The van der Waals surface area contributed by atoms with E-state index in [4.69, 9.17) is 5.11 Å². The Hall–Kier alpha value is -3.93. The number of anilines is 1. The molecule has 1 atom stereocenters. The molecule has 162 valence electrons. The normalized spacial score (nSPS) is 16.3. The number of amides is 1. The van der Waals surface area contributed by atoms with E-state index in [1.54, 1.807) is 25.1 Å². The molecule has 2 aromatic carbocycles. The van der Waals surface area contributed by atoms with E-state index < -0.39 is 5.97 Å². The molecule has 1 aromatic heterocycles. The largest absolute Gasteiger partial charge is 0.478 e. The van der Waals surface area contributed by atoms with E-state index in [0.717, 1.165) is 12.0 Å². The van der Waals surface area contributed by atoms with Crippen LogP contribution < -0.4 is 5.01 Å². The van der Waals surface area contributed by atoms with E-state index in [9.17, 15) is 9.59 Å². The zero-order valence-electron chi connectivity index (χ0n) is 18.3. The van der Waals surface area contributed by atoms with Crippen LogP contribution in [0.15, 0.2) is 77.6 Å². The summed E-state index contributed by atoms with van der Waals surface area (Å²) in [5.41, 5.74) is 4.11. The number of hydrazone groups is 1. The average molecular weight is 428 g/mol. The Balaban J connectivity index is 1.60. The number of para-hydroxylation sites is 1. The molecule has 1 unspecified atom stereocenters. The van der Waals surface area contributed by atoms with Gasteiger partial charge in [0.25, 0.3) is 5.91 Å². The number of carboxylic acid groups (broad SMARTS) is 1. The molecule has 6 nitrogen and oxygen atoms in total. The quantitative estimate of drug-likeness (QED) is 0.515. The van der Waals surface area contributed by atoms with Crippen molar-refractivity contribution in [1.82, 2.24) is 4.57 Å². The molecule has 1 amide bonds. The van der Waals surface area contributed by atoms with E-state index in [1.807, 2.05) is 24.3 Å². The third-order valence-corrected chi connectivity index (χ3v) is 5.80. The molecule has 1 aliphatic heterocycles. The van der Waals surface area contributed by atoms with Crippen LogP contribution in [0, 0.1) is 0 Å². The van der Waals surface area contributed by atoms with E-state index in [-0.39, 0.29) is 11.5 Å². The van der Waals surface area contributed by atoms with Gasteiger partial charge >= 0.3 is 5.97 Å². The molecule has 6 heteroatoms. The first-order chi connectivity index (χ1) is 15.4. The molecular weight excluding hydrogens is 402 g/mol. The van der Waals surface area contributed by atoms with Gasteiger partial charge in [0.05, 0.1) is 22.5 Å². The first-order valence-electron chi connectivity index (χ1n) is 10.6. The number of rotatable bonds is 6. The maximum Gasteiger partial charge on any atom is 0.335 e. The Morgan fingerprint density at radius 2 is 1.88 bits per heavy atom. The number of nitrogens with zero attached hydrogens (tertiary/aromatic N) is 3. The highest BCUT2D eigenvalue weighted by atomic mass is 16.4. The van der Waals surface area contributed by atoms with Gasteiger partial charge < -0.3 is 9.67 Å². The summed E-state index contributed by atoms with van der Waals surface area (Å²) >= 11 is 0. The number of aromatic nitrogens is 1. The number of carbonyl (C=O) groups excluding carboxylic acids is 1. The number of fused-ring (bicyclic) bond motifs is 1. The minimum atomic E-state index is -1.01. The van der Waals surface area contributed by atoms with Crippen LogP contribution in [-0.4, -0.2) is 27.3 Å². The lowest BCUT2D eigenvalue weighted by molar-refractivity contribution is -0.114. The summed E-state index contributed by atoms with van der Waals surface area (Å²) in [6.45, 7) is 6.17. The molecule has 3 aromatic rings. The monoisotopic (exact) mass is 427 g/mol. The highest BCUT2D eigenvalue weighted by molar-refractivity contribution is 6.29. The van der Waals surface area contributed by atoms with Crippen molar-refractivity contribution in [2.45, 2.75) is 33.2 Å². The number of hydrogen-bond donors (Lipinski definition) is 1. The van der Waals surface area contributed by atoms with Gasteiger partial charge in [0, 0.05) is 23.1 Å². The zero-order chi connectivity index (χ0) is 22.8. The van der Waals surface area contributed by atoms with Gasteiger partial charge in [0.2, 0.25) is 0 Å². The van der Waals surface area contributed by atoms with Gasteiger partial charge in [0.15, 0.2) is 0 Å². The zero-order valence-corrected chi connectivity index (χ0v) is 18.3. The number of benzene rings is 2. The number of carboxylic acids is 1. The predicted octanol–water partition coefficient (Wildman–Crippen LogP) is 5.67. The van der Waals surface area contributed by atoms with Crippen LogP contribution >= 0.6 is 0 Å². The molecule has 32 heavy (non-hydrogen) atoms. The minimum absolute atomic E-state index is 0.163. The second kappa shape index (κ2) is 8.67. The highest BCUT2D eigenvalue weighted by Gasteiger charge is 2.28. The van der Waals surface area contributed by atoms with Crippen LogP contribution in [0.4, 0.5) is 5.69 Å². The number of aromatic carboxylic acids is 1. The lowest BCUT2D eigenvalue weighted by Gasteiger charge is -2.12. The lowest BCUT2D eigenvalue weighted by atomic mass is 10.1. The Kier molecular flexibility index (Phi) is 5.77. The van der Waals surface area contributed by atoms with E-state index >= 15 is 0 Å². The maximum atomic E-state index is 12.9. The van der Waals surface area contributed by atoms with Crippen LogP contribution in [0.2, 0.25) is 0 Å². The number of allylic oxidation sites excluding steroid dienone is 2. The molecule has 1 N–H and O–H groups in total. The SMILES string of the molecule is CCC(C)n1cc(/C=C/C=C2\C(=O)N(c3ccc(C(=O)O)cc3)N=C2C)c2ccccc21. The van der Waals surface area contributed by atoms with Crippen molar-refractivity contribution >= 4 is 40.3 Å². The molecule has 4 rings (SSSR count). The van der Waals surface area contributed by atoms with Gasteiger partial charge in [-0.05, 0) is 62.2 Å². The van der Waals surface area contributed by atoms with Crippen LogP contribution in [0.5, 0.6) is 0 Å². The Bertz CT molecular complexity index is 1280. The molecule has 0 spiro atoms. The van der Waals surface area contributed by atoms with Crippen molar-refractivity contribution in [3.8, 4) is 0 Å². The summed E-state index contributed by atoms with van der Waals surface area (Å²) in [6, 6.07) is 14.8. The summed E-state index contributed by atoms with van der Waals surface area (Å²) in [5, 5.41) is 15.9. The van der Waals surface area contributed by atoms with Crippen molar-refractivity contribution in [1.29, 1.82) is 0 Å². The summed E-state index contributed by atoms with van der Waals surface area (Å²) < 4.78 is 2.29. The van der Waals surface area contributed by atoms with Gasteiger partial charge in [-0.15, -0.1) is 0 Å². The van der Waals surface area contributed by atoms with E-state index in [1.165, 1.54) is 28.0 Å². The van der Waals surface area contributed by atoms with Gasteiger partial charge in [-0.25, -0.2) is 4.79 Å². The number of hydrogen-bond acceptors (Lipinski definition) is 3. The van der Waals surface area contributed by atoms with E-state index in [0.29, 0.717) is 23.0 Å². The van der Waals surface area contributed by atoms with Crippen molar-refractivity contribution in [3.05, 3.63) is 83.6 Å². The second-order valence-corrected chi connectivity index (χ2v) is 7.86. The summed E-state index contributed by atoms with van der Waals surface area (Å²) in [6.07, 6.45) is 8.87. The fourth-order valence-electron chi connectivity index (χ4n) is 3.80. The number of carbonyl (C=O) groups is 2. The van der Waals surface area contributed by atoms with Crippen molar-refractivity contribution < 1.29 is 14.7 Å². The van der Waals surface area contributed by atoms with E-state index in [2.05, 4.69) is 41.8 Å². The molecule has 2 heterocycles. The fourth-order valence-corrected chi connectivity index (χ4v) is 3.80. The molecule has 0 bridgehead atoms. The van der Waals surface area contributed by atoms with Gasteiger partial charge in [-0.1, -0.05) is 37.3 Å². The standard InChI is InChI=1S/C26H25N3O3/c1-4-17(2)28-16-20(23-9-5-6-11-24(23)28)8-7-10-22-18(3)27-29(25(22)30)21-14-12-19(13-15-21)26(31)32/h5-17H,4H2,1-3H3,(H,31,32)/b8-7+,22-10-. The van der Waals surface area contributed by atoms with Crippen molar-refractivity contribution in [2.75, 3.05) is 5.01 Å². The van der Waals surface area contributed by atoms with Crippen molar-refractivity contribution in [3.63, 3.8) is 0 Å². The molecular formula is C26H25N3O3. The second-order valence-electron chi connectivity index (χ2n) is 7.86. The van der Waals surface area contributed by atoms with Crippen LogP contribution in [0.1, 0.15) is 49.2 Å². The molecule has 1 aliphatic rings. The molecule has 0 saturated carbocycles. The highest BCUT2D eigenvalue weighted by Crippen LogP contribution is 2.28. The Morgan fingerprint density at radius 3 is 2.56 bits per heavy atom. The summed E-state index contributed by atoms with van der Waals surface area (Å²) in [4.78, 5) is 24.0. The van der Waals surface area contributed by atoms with Gasteiger partial charge in [0.1, 0.15) is 0 Å². The van der Waals surface area contributed by atoms with Crippen molar-refractivity contribution in [2.24, 2.45) is 5.10 Å². The van der Waals surface area contributed by atoms with Gasteiger partial charge in [-0.3, -0.25) is 4.79 Å². The Morgan fingerprint density at radius 1 is 1.16 bits per heavy atom. The molecule has 0 aliphatic carbocycles. The van der Waals surface area contributed by atoms with Crippen LogP contribution in [0.25, 0.3) is 17.0 Å². The molecule has 0 radical (unpaired) electrons. The third-order valence-electron chi connectivity index (χ3n) is 5.80. The molecule has 0 fully saturated rings. The Labute approximate surface area is 186 Å².